The van der Waals surface area contributed by atoms with Crippen LogP contribution in [0.2, 0.25) is 0 Å². The lowest BCUT2D eigenvalue weighted by atomic mass is 9.84. The maximum Gasteiger partial charge on any atom is 0.220 e. The van der Waals surface area contributed by atoms with Crippen LogP contribution in [0.1, 0.15) is 52.9 Å². The monoisotopic (exact) mass is 298 g/mol. The van der Waals surface area contributed by atoms with Crippen LogP contribution in [-0.2, 0) is 4.79 Å². The molecule has 0 aromatic carbocycles. The second-order valence-corrected chi connectivity index (χ2v) is 7.08. The van der Waals surface area contributed by atoms with E-state index in [2.05, 4.69) is 31.4 Å². The molecule has 1 saturated heterocycles. The minimum atomic E-state index is 0.174. The van der Waals surface area contributed by atoms with Gasteiger partial charge in [0.1, 0.15) is 0 Å². The normalized spacial score (nSPS) is 19.5. The van der Waals surface area contributed by atoms with Crippen molar-refractivity contribution in [2.45, 2.75) is 52.9 Å². The van der Waals surface area contributed by atoms with Crippen molar-refractivity contribution in [3.05, 3.63) is 0 Å². The van der Waals surface area contributed by atoms with Crippen LogP contribution in [0, 0.1) is 23.7 Å². The molecule has 1 heterocycles. The molecule has 0 saturated carbocycles. The van der Waals surface area contributed by atoms with E-state index >= 15 is 0 Å². The van der Waals surface area contributed by atoms with Crippen LogP contribution in [0.15, 0.2) is 0 Å². The zero-order valence-corrected chi connectivity index (χ0v) is 14.0. The highest BCUT2D eigenvalue weighted by atomic mass is 16.3. The Balaban J connectivity index is 2.27. The van der Waals surface area contributed by atoms with E-state index in [4.69, 9.17) is 5.11 Å². The molecule has 2 atom stereocenters. The summed E-state index contributed by atoms with van der Waals surface area (Å²) in [5, 5.41) is 15.6. The van der Waals surface area contributed by atoms with Crippen molar-refractivity contribution in [3.8, 4) is 0 Å². The summed E-state index contributed by atoms with van der Waals surface area (Å²) in [4.78, 5) is 12.1. The first-order valence-electron chi connectivity index (χ1n) is 8.61. The fourth-order valence-electron chi connectivity index (χ4n) is 3.36. The van der Waals surface area contributed by atoms with Gasteiger partial charge in [0.15, 0.2) is 0 Å². The van der Waals surface area contributed by atoms with Crippen LogP contribution in [0.5, 0.6) is 0 Å². The number of nitrogens with one attached hydrogen (secondary N) is 2. The second kappa shape index (κ2) is 10.2. The summed E-state index contributed by atoms with van der Waals surface area (Å²) < 4.78 is 0. The second-order valence-electron chi connectivity index (χ2n) is 7.08. The molecule has 124 valence electrons. The summed E-state index contributed by atoms with van der Waals surface area (Å²) in [6.07, 6.45) is 4.86. The highest BCUT2D eigenvalue weighted by molar-refractivity contribution is 5.76. The van der Waals surface area contributed by atoms with Gasteiger partial charge >= 0.3 is 0 Å². The van der Waals surface area contributed by atoms with Gasteiger partial charge in [-0.15, -0.1) is 0 Å². The third-order valence-corrected chi connectivity index (χ3v) is 4.63. The van der Waals surface area contributed by atoms with Gasteiger partial charge in [0, 0.05) is 19.6 Å². The number of carbonyl (C=O) groups excluding carboxylic acids is 1. The molecule has 1 aliphatic heterocycles. The Labute approximate surface area is 130 Å². The van der Waals surface area contributed by atoms with E-state index in [9.17, 15) is 4.79 Å². The Kier molecular flexibility index (Phi) is 8.93. The van der Waals surface area contributed by atoms with E-state index in [1.807, 2.05) is 0 Å². The predicted octanol–water partition coefficient (Wildman–Crippen LogP) is 2.17. The number of carbonyl (C=O) groups is 1. The number of rotatable bonds is 9. The van der Waals surface area contributed by atoms with Crippen LogP contribution in [-0.4, -0.2) is 37.3 Å². The highest BCUT2D eigenvalue weighted by Gasteiger charge is 2.22. The van der Waals surface area contributed by atoms with Gasteiger partial charge in [-0.3, -0.25) is 4.79 Å². The summed E-state index contributed by atoms with van der Waals surface area (Å²) in [5.74, 6) is 2.32. The molecule has 0 aromatic heterocycles. The van der Waals surface area contributed by atoms with Crippen LogP contribution in [0.3, 0.4) is 0 Å². The van der Waals surface area contributed by atoms with Crippen molar-refractivity contribution < 1.29 is 9.90 Å². The minimum absolute atomic E-state index is 0.174. The minimum Gasteiger partial charge on any atom is -0.396 e. The quantitative estimate of drug-likeness (QED) is 0.611. The molecule has 0 bridgehead atoms. The number of amides is 1. The molecular formula is C17H34N2O2. The van der Waals surface area contributed by atoms with Gasteiger partial charge in [-0.1, -0.05) is 20.8 Å². The largest absolute Gasteiger partial charge is 0.396 e. The van der Waals surface area contributed by atoms with Gasteiger partial charge in [0.2, 0.25) is 5.91 Å². The van der Waals surface area contributed by atoms with E-state index in [-0.39, 0.29) is 12.5 Å². The maximum absolute atomic E-state index is 12.1. The lowest BCUT2D eigenvalue weighted by Gasteiger charge is -2.28. The molecule has 2 unspecified atom stereocenters. The standard InChI is InChI=1S/C17H34N2O2/c1-13(2)10-15(6-9-20)12-19-17(21)11-14(3)16-4-7-18-8-5-16/h13-16,18,20H,4-12H2,1-3H3,(H,19,21). The molecule has 0 radical (unpaired) electrons. The number of aliphatic hydroxyl groups excluding tert-OH is 1. The van der Waals surface area contributed by atoms with Gasteiger partial charge in [-0.2, -0.15) is 0 Å². The van der Waals surface area contributed by atoms with Gasteiger partial charge in [0.05, 0.1) is 0 Å². The maximum atomic E-state index is 12.1. The molecule has 4 heteroatoms. The average molecular weight is 298 g/mol. The van der Waals surface area contributed by atoms with E-state index in [1.165, 1.54) is 12.8 Å². The number of hydrogen-bond acceptors (Lipinski definition) is 3. The number of aliphatic hydroxyl groups is 1. The highest BCUT2D eigenvalue weighted by Crippen LogP contribution is 2.24. The van der Waals surface area contributed by atoms with Crippen molar-refractivity contribution >= 4 is 5.91 Å². The van der Waals surface area contributed by atoms with Gasteiger partial charge in [-0.25, -0.2) is 0 Å². The molecule has 0 aromatic rings. The summed E-state index contributed by atoms with van der Waals surface area (Å²) in [7, 11) is 0. The number of piperidine rings is 1. The van der Waals surface area contributed by atoms with E-state index in [0.29, 0.717) is 36.6 Å². The zero-order chi connectivity index (χ0) is 15.7. The van der Waals surface area contributed by atoms with Crippen LogP contribution in [0.25, 0.3) is 0 Å². The Morgan fingerprint density at radius 3 is 2.52 bits per heavy atom. The fraction of sp³-hybridized carbons (Fsp3) is 0.941. The molecule has 1 aliphatic rings. The fourth-order valence-corrected chi connectivity index (χ4v) is 3.36. The van der Waals surface area contributed by atoms with E-state index in [1.54, 1.807) is 0 Å². The van der Waals surface area contributed by atoms with Crippen LogP contribution >= 0.6 is 0 Å². The lowest BCUT2D eigenvalue weighted by molar-refractivity contribution is -0.122. The molecular weight excluding hydrogens is 264 g/mol. The topological polar surface area (TPSA) is 61.4 Å². The van der Waals surface area contributed by atoms with Gasteiger partial charge in [-0.05, 0) is 62.4 Å². The van der Waals surface area contributed by atoms with Crippen LogP contribution < -0.4 is 10.6 Å². The third-order valence-electron chi connectivity index (χ3n) is 4.63. The van der Waals surface area contributed by atoms with Gasteiger partial charge < -0.3 is 15.7 Å². The molecule has 1 rings (SSSR count). The molecule has 4 nitrogen and oxygen atoms in total. The van der Waals surface area contributed by atoms with Crippen molar-refractivity contribution in [2.75, 3.05) is 26.2 Å². The molecule has 21 heavy (non-hydrogen) atoms. The Morgan fingerprint density at radius 1 is 1.29 bits per heavy atom. The zero-order valence-electron chi connectivity index (χ0n) is 14.0. The Bertz CT molecular complexity index is 289. The summed E-state index contributed by atoms with van der Waals surface area (Å²) in [6.45, 7) is 9.66. The molecule has 1 fully saturated rings. The lowest BCUT2D eigenvalue weighted by Crippen LogP contribution is -2.35. The first-order valence-corrected chi connectivity index (χ1v) is 8.61. The molecule has 1 amide bonds. The molecule has 0 aliphatic carbocycles. The molecule has 3 N–H and O–H groups in total. The first-order chi connectivity index (χ1) is 10.0. The summed E-state index contributed by atoms with van der Waals surface area (Å²) in [6, 6.07) is 0. The summed E-state index contributed by atoms with van der Waals surface area (Å²) >= 11 is 0. The summed E-state index contributed by atoms with van der Waals surface area (Å²) in [5.41, 5.74) is 0. The molecule has 0 spiro atoms. The average Bonchev–Trinajstić information content (AvgIpc) is 2.45. The van der Waals surface area contributed by atoms with Crippen molar-refractivity contribution in [3.63, 3.8) is 0 Å². The van der Waals surface area contributed by atoms with Crippen LogP contribution in [0.4, 0.5) is 0 Å². The van der Waals surface area contributed by atoms with Crippen molar-refractivity contribution in [1.82, 2.24) is 10.6 Å². The Morgan fingerprint density at radius 2 is 1.95 bits per heavy atom. The van der Waals surface area contributed by atoms with E-state index in [0.717, 1.165) is 25.9 Å². The predicted molar refractivity (Wildman–Crippen MR) is 87.0 cm³/mol. The van der Waals surface area contributed by atoms with Crippen molar-refractivity contribution in [1.29, 1.82) is 0 Å². The smallest absolute Gasteiger partial charge is 0.220 e. The number of hydrogen-bond donors (Lipinski definition) is 3. The van der Waals surface area contributed by atoms with Crippen molar-refractivity contribution in [2.24, 2.45) is 23.7 Å². The SMILES string of the molecule is CC(C)CC(CCO)CNC(=O)CC(C)C1CCNCC1. The van der Waals surface area contributed by atoms with E-state index < -0.39 is 0 Å². The Hall–Kier alpha value is -0.610. The first kappa shape index (κ1) is 18.4. The third kappa shape index (κ3) is 7.82. The van der Waals surface area contributed by atoms with Gasteiger partial charge in [0.25, 0.3) is 0 Å².